The van der Waals surface area contributed by atoms with Crippen molar-refractivity contribution in [2.75, 3.05) is 43.9 Å². The van der Waals surface area contributed by atoms with Gasteiger partial charge >= 0.3 is 0 Å². The maximum Gasteiger partial charge on any atom is 0.225 e. The molecule has 3 fully saturated rings. The van der Waals surface area contributed by atoms with Crippen molar-refractivity contribution in [2.45, 2.75) is 69.9 Å². The van der Waals surface area contributed by atoms with Crippen LogP contribution >= 0.6 is 0 Å². The number of nitrogens with zero attached hydrogens (tertiary/aromatic N) is 6. The molecule has 2 saturated carbocycles. The van der Waals surface area contributed by atoms with Gasteiger partial charge in [0.05, 0.1) is 11.9 Å². The molecule has 2 aromatic heterocycles. The zero-order valence-corrected chi connectivity index (χ0v) is 23.1. The van der Waals surface area contributed by atoms with Crippen LogP contribution in [0.2, 0.25) is 0 Å². The molecule has 0 unspecified atom stereocenters. The first kappa shape index (κ1) is 26.9. The minimum Gasteiger partial charge on any atom is -0.351 e. The second-order valence-corrected chi connectivity index (χ2v) is 11.6. The summed E-state index contributed by atoms with van der Waals surface area (Å²) in [7, 11) is 2.09. The van der Waals surface area contributed by atoms with E-state index in [2.05, 4.69) is 27.6 Å². The first-order chi connectivity index (χ1) is 19.4. The Morgan fingerprint density at radius 1 is 0.950 bits per heavy atom. The molecule has 2 aliphatic carbocycles. The SMILES string of the molecule is CN1CCN(C(=O)C2CCC(n3c(Nc4ccc(F)cc4F)nc4cnc(NC5CCCCC5)nc43)CC2)CC1. The number of hydrogen-bond donors (Lipinski definition) is 2. The van der Waals surface area contributed by atoms with Gasteiger partial charge in [-0.25, -0.2) is 18.7 Å². The quantitative estimate of drug-likeness (QED) is 0.440. The fraction of sp³-hybridized carbons (Fsp3) is 0.586. The molecule has 0 bridgehead atoms. The van der Waals surface area contributed by atoms with Crippen LogP contribution in [0.4, 0.5) is 26.4 Å². The van der Waals surface area contributed by atoms with E-state index >= 15 is 0 Å². The van der Waals surface area contributed by atoms with Gasteiger partial charge in [0.1, 0.15) is 17.2 Å². The molecule has 9 nitrogen and oxygen atoms in total. The molecule has 3 heterocycles. The van der Waals surface area contributed by atoms with Crippen molar-refractivity contribution >= 4 is 34.7 Å². The number of amides is 1. The number of imidazole rings is 1. The molecule has 2 N–H and O–H groups in total. The summed E-state index contributed by atoms with van der Waals surface area (Å²) in [6.45, 7) is 3.39. The van der Waals surface area contributed by atoms with E-state index in [0.717, 1.165) is 70.8 Å². The highest BCUT2D eigenvalue weighted by atomic mass is 19.1. The maximum absolute atomic E-state index is 14.6. The summed E-state index contributed by atoms with van der Waals surface area (Å²) in [5.74, 6) is -0.0407. The third kappa shape index (κ3) is 5.75. The van der Waals surface area contributed by atoms with Crippen molar-refractivity contribution in [3.05, 3.63) is 36.0 Å². The highest BCUT2D eigenvalue weighted by molar-refractivity contribution is 5.79. The fourth-order valence-electron chi connectivity index (χ4n) is 6.40. The maximum atomic E-state index is 14.6. The number of halogens is 2. The number of anilines is 3. The zero-order valence-electron chi connectivity index (χ0n) is 23.1. The molecule has 1 aromatic carbocycles. The van der Waals surface area contributed by atoms with Crippen molar-refractivity contribution in [1.82, 2.24) is 29.3 Å². The second-order valence-electron chi connectivity index (χ2n) is 11.6. The summed E-state index contributed by atoms with van der Waals surface area (Å²) in [4.78, 5) is 31.6. The summed E-state index contributed by atoms with van der Waals surface area (Å²) in [5, 5.41) is 6.59. The van der Waals surface area contributed by atoms with Crippen LogP contribution in [-0.4, -0.2) is 74.5 Å². The van der Waals surface area contributed by atoms with Crippen LogP contribution in [0.5, 0.6) is 0 Å². The van der Waals surface area contributed by atoms with E-state index in [4.69, 9.17) is 9.97 Å². The molecular weight excluding hydrogens is 514 g/mol. The molecule has 1 saturated heterocycles. The summed E-state index contributed by atoms with van der Waals surface area (Å²) < 4.78 is 30.2. The molecule has 3 aromatic rings. The lowest BCUT2D eigenvalue weighted by atomic mass is 9.85. The Morgan fingerprint density at radius 3 is 2.42 bits per heavy atom. The molecule has 0 spiro atoms. The normalized spacial score (nSPS) is 22.9. The van der Waals surface area contributed by atoms with Gasteiger partial charge in [-0.15, -0.1) is 0 Å². The van der Waals surface area contributed by atoms with Crippen molar-refractivity contribution in [3.63, 3.8) is 0 Å². The topological polar surface area (TPSA) is 91.2 Å². The first-order valence-electron chi connectivity index (χ1n) is 14.7. The van der Waals surface area contributed by atoms with Gasteiger partial charge in [-0.2, -0.15) is 4.98 Å². The average molecular weight is 553 g/mol. The number of piperazine rings is 1. The van der Waals surface area contributed by atoms with Crippen LogP contribution < -0.4 is 10.6 Å². The molecule has 40 heavy (non-hydrogen) atoms. The number of carbonyl (C=O) groups excluding carboxylic acids is 1. The van der Waals surface area contributed by atoms with Gasteiger partial charge in [0.25, 0.3) is 0 Å². The number of carbonyl (C=O) groups is 1. The minimum atomic E-state index is -0.689. The lowest BCUT2D eigenvalue weighted by molar-refractivity contribution is -0.138. The standard InChI is InChI=1S/C29H38F2N8O/c1-37-13-15-38(16-14-37)27(40)19-7-10-22(11-8-19)39-26-25(18-32-28(36-26)33-21-5-3-2-4-6-21)35-29(39)34-24-12-9-20(30)17-23(24)31/h9,12,17-19,21-22H,2-8,10-11,13-16H2,1H3,(H,34,35)(H,32,33,36). The number of hydrogen-bond acceptors (Lipinski definition) is 7. The smallest absolute Gasteiger partial charge is 0.225 e. The molecule has 1 aliphatic heterocycles. The number of likely N-dealkylation sites (N-methyl/N-ethyl adjacent to an activating group) is 1. The Kier molecular flexibility index (Phi) is 7.82. The van der Waals surface area contributed by atoms with Crippen molar-refractivity contribution < 1.29 is 13.6 Å². The Balaban J connectivity index is 1.26. The summed E-state index contributed by atoms with van der Waals surface area (Å²) in [5.41, 5.74) is 1.42. The monoisotopic (exact) mass is 552 g/mol. The van der Waals surface area contributed by atoms with E-state index in [1.165, 1.54) is 31.4 Å². The van der Waals surface area contributed by atoms with Crippen LogP contribution in [0.15, 0.2) is 24.4 Å². The molecule has 0 atom stereocenters. The van der Waals surface area contributed by atoms with E-state index in [0.29, 0.717) is 29.1 Å². The van der Waals surface area contributed by atoms with E-state index in [1.54, 1.807) is 6.20 Å². The predicted molar refractivity (Wildman–Crippen MR) is 151 cm³/mol. The van der Waals surface area contributed by atoms with Crippen LogP contribution in [0.1, 0.15) is 63.8 Å². The molecule has 3 aliphatic rings. The largest absolute Gasteiger partial charge is 0.351 e. The highest BCUT2D eigenvalue weighted by Gasteiger charge is 2.33. The van der Waals surface area contributed by atoms with Gasteiger partial charge in [-0.05, 0) is 57.7 Å². The van der Waals surface area contributed by atoms with Crippen molar-refractivity contribution in [3.8, 4) is 0 Å². The van der Waals surface area contributed by atoms with Crippen LogP contribution in [0, 0.1) is 17.6 Å². The first-order valence-corrected chi connectivity index (χ1v) is 14.7. The zero-order chi connectivity index (χ0) is 27.6. The van der Waals surface area contributed by atoms with Crippen LogP contribution in [-0.2, 0) is 4.79 Å². The Morgan fingerprint density at radius 2 is 1.70 bits per heavy atom. The number of benzene rings is 1. The summed E-state index contributed by atoms with van der Waals surface area (Å²) >= 11 is 0. The predicted octanol–water partition coefficient (Wildman–Crippen LogP) is 5.10. The number of aromatic nitrogens is 4. The number of rotatable bonds is 6. The molecule has 214 valence electrons. The van der Waals surface area contributed by atoms with Crippen molar-refractivity contribution in [1.29, 1.82) is 0 Å². The van der Waals surface area contributed by atoms with Gasteiger partial charge in [0.2, 0.25) is 17.8 Å². The lowest BCUT2D eigenvalue weighted by Crippen LogP contribution is -2.49. The van der Waals surface area contributed by atoms with Gasteiger partial charge in [0, 0.05) is 50.2 Å². The third-order valence-electron chi connectivity index (χ3n) is 8.77. The third-order valence-corrected chi connectivity index (χ3v) is 8.77. The molecule has 1 amide bonds. The molecule has 0 radical (unpaired) electrons. The van der Waals surface area contributed by atoms with Gasteiger partial charge in [-0.3, -0.25) is 9.36 Å². The summed E-state index contributed by atoms with van der Waals surface area (Å²) in [6, 6.07) is 3.84. The second kappa shape index (κ2) is 11.6. The van der Waals surface area contributed by atoms with E-state index in [1.807, 2.05) is 9.47 Å². The van der Waals surface area contributed by atoms with E-state index in [9.17, 15) is 13.6 Å². The highest BCUT2D eigenvalue weighted by Crippen LogP contribution is 2.38. The average Bonchev–Trinajstić information content (AvgIpc) is 3.32. The molecule has 6 rings (SSSR count). The fourth-order valence-corrected chi connectivity index (χ4v) is 6.40. The van der Waals surface area contributed by atoms with E-state index < -0.39 is 11.6 Å². The molecule has 11 heteroatoms. The minimum absolute atomic E-state index is 0.0125. The summed E-state index contributed by atoms with van der Waals surface area (Å²) in [6.07, 6.45) is 10.7. The van der Waals surface area contributed by atoms with Gasteiger partial charge in [0.15, 0.2) is 5.65 Å². The van der Waals surface area contributed by atoms with Crippen molar-refractivity contribution in [2.24, 2.45) is 5.92 Å². The Labute approximate surface area is 233 Å². The number of nitrogens with one attached hydrogen (secondary N) is 2. The van der Waals surface area contributed by atoms with E-state index in [-0.39, 0.29) is 23.6 Å². The molecular formula is C29H38F2N8O. The van der Waals surface area contributed by atoms with Gasteiger partial charge in [-0.1, -0.05) is 19.3 Å². The van der Waals surface area contributed by atoms with Crippen LogP contribution in [0.3, 0.4) is 0 Å². The Hall–Kier alpha value is -3.34. The van der Waals surface area contributed by atoms with Gasteiger partial charge < -0.3 is 20.4 Å². The Bertz CT molecular complexity index is 1340. The lowest BCUT2D eigenvalue weighted by Gasteiger charge is -2.37. The van der Waals surface area contributed by atoms with Crippen LogP contribution in [0.25, 0.3) is 11.2 Å². The number of fused-ring (bicyclic) bond motifs is 1.